The molecule has 1 unspecified atom stereocenters. The topological polar surface area (TPSA) is 49.8 Å². The quantitative estimate of drug-likeness (QED) is 0.922. The van der Waals surface area contributed by atoms with Crippen molar-refractivity contribution in [1.82, 2.24) is 4.90 Å². The number of rotatable bonds is 4. The number of benzene rings is 1. The van der Waals surface area contributed by atoms with E-state index in [0.29, 0.717) is 6.54 Å². The van der Waals surface area contributed by atoms with Gasteiger partial charge < -0.3 is 14.7 Å². The number of nitrogens with zero attached hydrogens (tertiary/aromatic N) is 1. The normalized spacial score (nSPS) is 12.1. The molecular weight excluding hydrogens is 286 g/mol. The molecular formula is C12H16BrNO3. The maximum absolute atomic E-state index is 11.5. The molecule has 94 valence electrons. The number of likely N-dealkylation sites (N-methyl/N-ethyl adjacent to an activating group) is 1. The number of aliphatic hydroxyl groups excluding tert-OH is 1. The first kappa shape index (κ1) is 14.0. The Balaban J connectivity index is 2.75. The number of halogens is 1. The molecule has 0 aliphatic rings. The van der Waals surface area contributed by atoms with Crippen LogP contribution in [-0.4, -0.2) is 36.2 Å². The number of amides is 1. The second kappa shape index (κ2) is 6.02. The van der Waals surface area contributed by atoms with Crippen LogP contribution in [0.2, 0.25) is 0 Å². The lowest BCUT2D eigenvalue weighted by Gasteiger charge is -2.19. The third-order valence-corrected chi connectivity index (χ3v) is 2.99. The molecule has 5 heteroatoms. The van der Waals surface area contributed by atoms with Gasteiger partial charge in [-0.15, -0.1) is 0 Å². The second-order valence-electron chi connectivity index (χ2n) is 3.84. The standard InChI is InChI=1S/C12H16BrNO3/c1-8(15)12(16)14(2)7-9-4-5-11(17-3)10(13)6-9/h4-6,8,15H,7H2,1-3H3. The molecule has 17 heavy (non-hydrogen) atoms. The molecule has 0 saturated carbocycles. The average molecular weight is 302 g/mol. The summed E-state index contributed by atoms with van der Waals surface area (Å²) in [5, 5.41) is 9.19. The molecule has 0 aliphatic carbocycles. The number of methoxy groups -OCH3 is 1. The Morgan fingerprint density at radius 3 is 2.71 bits per heavy atom. The van der Waals surface area contributed by atoms with E-state index in [-0.39, 0.29) is 5.91 Å². The van der Waals surface area contributed by atoms with Crippen LogP contribution >= 0.6 is 15.9 Å². The first-order valence-corrected chi connectivity index (χ1v) is 6.00. The molecule has 1 rings (SSSR count). The van der Waals surface area contributed by atoms with E-state index < -0.39 is 6.10 Å². The van der Waals surface area contributed by atoms with Gasteiger partial charge in [-0.25, -0.2) is 0 Å². The van der Waals surface area contributed by atoms with Crippen LogP contribution in [0.15, 0.2) is 22.7 Å². The Bertz CT molecular complexity index is 407. The van der Waals surface area contributed by atoms with Gasteiger partial charge in [0.15, 0.2) is 0 Å². The first-order valence-electron chi connectivity index (χ1n) is 5.21. The van der Waals surface area contributed by atoms with E-state index in [9.17, 15) is 9.90 Å². The summed E-state index contributed by atoms with van der Waals surface area (Å²) in [6.07, 6.45) is -0.971. The molecule has 0 aliphatic heterocycles. The Labute approximate surface area is 109 Å². The first-order chi connectivity index (χ1) is 7.95. The summed E-state index contributed by atoms with van der Waals surface area (Å²) in [5.41, 5.74) is 0.967. The van der Waals surface area contributed by atoms with Crippen molar-refractivity contribution in [3.63, 3.8) is 0 Å². The van der Waals surface area contributed by atoms with E-state index in [1.165, 1.54) is 11.8 Å². The van der Waals surface area contributed by atoms with Crippen molar-refractivity contribution >= 4 is 21.8 Å². The molecule has 0 radical (unpaired) electrons. The zero-order valence-corrected chi connectivity index (χ0v) is 11.7. The summed E-state index contributed by atoms with van der Waals surface area (Å²) in [4.78, 5) is 13.0. The van der Waals surface area contributed by atoms with Crippen LogP contribution in [-0.2, 0) is 11.3 Å². The fourth-order valence-electron chi connectivity index (χ4n) is 1.48. The van der Waals surface area contributed by atoms with Crippen LogP contribution < -0.4 is 4.74 Å². The Kier molecular flexibility index (Phi) is 4.96. The van der Waals surface area contributed by atoms with Crippen LogP contribution in [0.4, 0.5) is 0 Å². The highest BCUT2D eigenvalue weighted by Crippen LogP contribution is 2.25. The lowest BCUT2D eigenvalue weighted by atomic mass is 10.2. The van der Waals surface area contributed by atoms with Gasteiger partial charge in [0, 0.05) is 13.6 Å². The van der Waals surface area contributed by atoms with E-state index in [4.69, 9.17) is 4.74 Å². The van der Waals surface area contributed by atoms with Crippen molar-refractivity contribution in [2.24, 2.45) is 0 Å². The average Bonchev–Trinajstić information content (AvgIpc) is 2.28. The Morgan fingerprint density at radius 2 is 2.24 bits per heavy atom. The van der Waals surface area contributed by atoms with Crippen LogP contribution in [0, 0.1) is 0 Å². The van der Waals surface area contributed by atoms with Crippen molar-refractivity contribution in [3.8, 4) is 5.75 Å². The summed E-state index contributed by atoms with van der Waals surface area (Å²) in [6, 6.07) is 5.61. The largest absolute Gasteiger partial charge is 0.496 e. The predicted octanol–water partition coefficient (Wildman–Crippen LogP) is 1.80. The molecule has 1 N–H and O–H groups in total. The fraction of sp³-hybridized carbons (Fsp3) is 0.417. The zero-order chi connectivity index (χ0) is 13.0. The molecule has 1 aromatic carbocycles. The molecule has 1 amide bonds. The third kappa shape index (κ3) is 3.71. The SMILES string of the molecule is COc1ccc(CN(C)C(=O)C(C)O)cc1Br. The lowest BCUT2D eigenvalue weighted by Crippen LogP contribution is -2.34. The summed E-state index contributed by atoms with van der Waals surface area (Å²) in [7, 11) is 3.26. The number of ether oxygens (including phenoxy) is 1. The molecule has 4 nitrogen and oxygen atoms in total. The summed E-state index contributed by atoms with van der Waals surface area (Å²) < 4.78 is 5.97. The summed E-state index contributed by atoms with van der Waals surface area (Å²) in [6.45, 7) is 1.91. The Morgan fingerprint density at radius 1 is 1.59 bits per heavy atom. The Hall–Kier alpha value is -1.07. The van der Waals surface area contributed by atoms with Crippen LogP contribution in [0.25, 0.3) is 0 Å². The van der Waals surface area contributed by atoms with Crippen LogP contribution in [0.5, 0.6) is 5.75 Å². The molecule has 0 spiro atoms. The van der Waals surface area contributed by atoms with Crippen molar-refractivity contribution in [2.75, 3.05) is 14.2 Å². The number of aliphatic hydroxyl groups is 1. The molecule has 1 atom stereocenters. The molecule has 0 aromatic heterocycles. The van der Waals surface area contributed by atoms with Crippen molar-refractivity contribution in [1.29, 1.82) is 0 Å². The minimum Gasteiger partial charge on any atom is -0.496 e. The zero-order valence-electron chi connectivity index (χ0n) is 10.1. The van der Waals surface area contributed by atoms with Gasteiger partial charge in [0.2, 0.25) is 0 Å². The number of hydrogen-bond donors (Lipinski definition) is 1. The van der Waals surface area contributed by atoms with Gasteiger partial charge in [0.25, 0.3) is 5.91 Å². The van der Waals surface area contributed by atoms with E-state index in [1.54, 1.807) is 14.2 Å². The number of hydrogen-bond acceptors (Lipinski definition) is 3. The summed E-state index contributed by atoms with van der Waals surface area (Å²) >= 11 is 3.39. The van der Waals surface area contributed by atoms with Gasteiger partial charge in [-0.05, 0) is 40.5 Å². The summed E-state index contributed by atoms with van der Waals surface area (Å²) in [5.74, 6) is 0.454. The lowest BCUT2D eigenvalue weighted by molar-refractivity contribution is -0.138. The van der Waals surface area contributed by atoms with Gasteiger partial charge in [-0.2, -0.15) is 0 Å². The minimum absolute atomic E-state index is 0.294. The second-order valence-corrected chi connectivity index (χ2v) is 4.69. The van der Waals surface area contributed by atoms with Gasteiger partial charge in [0.05, 0.1) is 11.6 Å². The highest BCUT2D eigenvalue weighted by molar-refractivity contribution is 9.10. The van der Waals surface area contributed by atoms with Crippen molar-refractivity contribution in [3.05, 3.63) is 28.2 Å². The van der Waals surface area contributed by atoms with Gasteiger partial charge in [-0.1, -0.05) is 6.07 Å². The van der Waals surface area contributed by atoms with Crippen molar-refractivity contribution < 1.29 is 14.6 Å². The van der Waals surface area contributed by atoms with Gasteiger partial charge in [-0.3, -0.25) is 4.79 Å². The fourth-order valence-corrected chi connectivity index (χ4v) is 2.07. The van der Waals surface area contributed by atoms with E-state index >= 15 is 0 Å². The van der Waals surface area contributed by atoms with E-state index in [0.717, 1.165) is 15.8 Å². The van der Waals surface area contributed by atoms with E-state index in [2.05, 4.69) is 15.9 Å². The number of carbonyl (C=O) groups is 1. The highest BCUT2D eigenvalue weighted by Gasteiger charge is 2.14. The highest BCUT2D eigenvalue weighted by atomic mass is 79.9. The predicted molar refractivity (Wildman–Crippen MR) is 68.8 cm³/mol. The maximum atomic E-state index is 11.5. The van der Waals surface area contributed by atoms with Gasteiger partial charge >= 0.3 is 0 Å². The maximum Gasteiger partial charge on any atom is 0.251 e. The molecule has 0 bridgehead atoms. The number of carbonyl (C=O) groups excluding carboxylic acids is 1. The molecule has 0 saturated heterocycles. The van der Waals surface area contributed by atoms with E-state index in [1.807, 2.05) is 18.2 Å². The molecule has 1 aromatic rings. The van der Waals surface area contributed by atoms with Crippen LogP contribution in [0.3, 0.4) is 0 Å². The molecule has 0 fully saturated rings. The minimum atomic E-state index is -0.971. The van der Waals surface area contributed by atoms with Gasteiger partial charge in [0.1, 0.15) is 11.9 Å². The smallest absolute Gasteiger partial charge is 0.251 e. The van der Waals surface area contributed by atoms with Crippen LogP contribution in [0.1, 0.15) is 12.5 Å². The molecule has 0 heterocycles. The third-order valence-electron chi connectivity index (χ3n) is 2.37. The van der Waals surface area contributed by atoms with Crippen molar-refractivity contribution in [2.45, 2.75) is 19.6 Å². The monoisotopic (exact) mass is 301 g/mol.